The Bertz CT molecular complexity index is 257. The molecule has 12 heavy (non-hydrogen) atoms. The van der Waals surface area contributed by atoms with Crippen LogP contribution in [0.25, 0.3) is 12.7 Å². The number of hydrogen-bond acceptors (Lipinski definition) is 0. The van der Waals surface area contributed by atoms with E-state index < -0.39 is 0 Å². The Labute approximate surface area is 75.8 Å². The van der Waals surface area contributed by atoms with Crippen LogP contribution < -0.4 is 10.6 Å². The van der Waals surface area contributed by atoms with E-state index in [0.29, 0.717) is 0 Å². The first-order valence-electron chi connectivity index (χ1n) is 4.63. The van der Waals surface area contributed by atoms with Gasteiger partial charge in [0.05, 0.1) is 0 Å². The predicted octanol–water partition coefficient (Wildman–Crippen LogP) is 2.28. The third kappa shape index (κ3) is 4.78. The van der Waals surface area contributed by atoms with E-state index in [4.69, 9.17) is 0 Å². The molecule has 1 aromatic rings. The Hall–Kier alpha value is -0.980. The van der Waals surface area contributed by atoms with Crippen LogP contribution in [0, 0.1) is 0 Å². The number of H-pyrrole nitrogens is 1. The van der Waals surface area contributed by atoms with Gasteiger partial charge in [-0.3, -0.25) is 0 Å². The maximum atomic E-state index is 3.79. The molecule has 70 valence electrons. The second-order valence-corrected chi connectivity index (χ2v) is 1.71. The minimum absolute atomic E-state index is 1.06. The van der Waals surface area contributed by atoms with Crippen molar-refractivity contribution in [1.29, 1.82) is 0 Å². The molecular weight excluding hydrogens is 146 g/mol. The molecule has 1 aromatic heterocycles. The van der Waals surface area contributed by atoms with Crippen LogP contribution in [0.1, 0.15) is 34.6 Å². The third-order valence-electron chi connectivity index (χ3n) is 1.16. The average Bonchev–Trinajstić information content (AvgIpc) is 2.58. The third-order valence-corrected chi connectivity index (χ3v) is 1.16. The lowest BCUT2D eigenvalue weighted by Crippen LogP contribution is -2.19. The average molecular weight is 167 g/mol. The fraction of sp³-hybridized carbons (Fsp3) is 0.455. The lowest BCUT2D eigenvalue weighted by molar-refractivity contribution is 1.31. The van der Waals surface area contributed by atoms with Crippen LogP contribution >= 0.6 is 0 Å². The topological polar surface area (TPSA) is 15.8 Å². The van der Waals surface area contributed by atoms with Gasteiger partial charge >= 0.3 is 0 Å². The molecule has 0 radical (unpaired) electrons. The van der Waals surface area contributed by atoms with Gasteiger partial charge in [0.1, 0.15) is 0 Å². The summed E-state index contributed by atoms with van der Waals surface area (Å²) < 4.78 is 0. The molecule has 0 aliphatic carbocycles. The van der Waals surface area contributed by atoms with Gasteiger partial charge in [-0.25, -0.2) is 0 Å². The van der Waals surface area contributed by atoms with Crippen LogP contribution in [0.3, 0.4) is 0 Å². The number of hydrogen-bond donors (Lipinski definition) is 1. The fourth-order valence-corrected chi connectivity index (χ4v) is 0.683. The van der Waals surface area contributed by atoms with E-state index in [0.717, 1.165) is 10.6 Å². The fourth-order valence-electron chi connectivity index (χ4n) is 0.683. The summed E-state index contributed by atoms with van der Waals surface area (Å²) in [5.74, 6) is 0. The van der Waals surface area contributed by atoms with E-state index in [1.807, 2.05) is 53.0 Å². The minimum Gasteiger partial charge on any atom is -0.361 e. The summed E-state index contributed by atoms with van der Waals surface area (Å²) >= 11 is 0. The molecule has 0 spiro atoms. The predicted molar refractivity (Wildman–Crippen MR) is 58.4 cm³/mol. The van der Waals surface area contributed by atoms with Crippen LogP contribution in [0.15, 0.2) is 12.3 Å². The molecule has 0 fully saturated rings. The highest BCUT2D eigenvalue weighted by atomic mass is 14.6. The Balaban J connectivity index is 0. The molecule has 0 aliphatic heterocycles. The SMILES string of the molecule is C=c1cc[nH]/c1=C/C.CC.CC. The summed E-state index contributed by atoms with van der Waals surface area (Å²) in [4.78, 5) is 3.04. The van der Waals surface area contributed by atoms with E-state index in [2.05, 4.69) is 11.6 Å². The van der Waals surface area contributed by atoms with E-state index in [9.17, 15) is 0 Å². The summed E-state index contributed by atoms with van der Waals surface area (Å²) in [5.41, 5.74) is 0. The van der Waals surface area contributed by atoms with Gasteiger partial charge in [0, 0.05) is 11.5 Å². The van der Waals surface area contributed by atoms with Crippen LogP contribution in [0.5, 0.6) is 0 Å². The molecule has 0 saturated heterocycles. The normalized spacial score (nSPS) is 9.25. The van der Waals surface area contributed by atoms with Gasteiger partial charge in [0.15, 0.2) is 0 Å². The summed E-state index contributed by atoms with van der Waals surface area (Å²) in [6.07, 6.45) is 3.89. The first-order chi connectivity index (χ1) is 5.84. The Morgan fingerprint density at radius 3 is 1.92 bits per heavy atom. The number of aromatic nitrogens is 1. The molecule has 1 heterocycles. The van der Waals surface area contributed by atoms with Gasteiger partial charge < -0.3 is 4.98 Å². The van der Waals surface area contributed by atoms with Crippen molar-refractivity contribution in [3.05, 3.63) is 22.8 Å². The van der Waals surface area contributed by atoms with Crippen molar-refractivity contribution in [3.8, 4) is 0 Å². The molecule has 1 rings (SSSR count). The van der Waals surface area contributed by atoms with Crippen LogP contribution in [0.2, 0.25) is 0 Å². The molecule has 0 saturated carbocycles. The number of aromatic amines is 1. The Morgan fingerprint density at radius 1 is 1.25 bits per heavy atom. The zero-order valence-electron chi connectivity index (χ0n) is 8.94. The molecule has 0 aromatic carbocycles. The molecule has 1 heteroatoms. The van der Waals surface area contributed by atoms with E-state index >= 15 is 0 Å². The molecule has 0 bridgehead atoms. The maximum Gasteiger partial charge on any atom is 0.0404 e. The lowest BCUT2D eigenvalue weighted by Gasteiger charge is -1.69. The van der Waals surface area contributed by atoms with Gasteiger partial charge in [0.2, 0.25) is 0 Å². The first-order valence-corrected chi connectivity index (χ1v) is 4.63. The maximum absolute atomic E-state index is 3.79. The lowest BCUT2D eigenvalue weighted by atomic mass is 10.4. The second-order valence-electron chi connectivity index (χ2n) is 1.71. The Kier molecular flexibility index (Phi) is 11.4. The second kappa shape index (κ2) is 10.0. The molecule has 1 nitrogen and oxygen atoms in total. The van der Waals surface area contributed by atoms with E-state index in [-0.39, 0.29) is 0 Å². The van der Waals surface area contributed by atoms with Gasteiger partial charge in [-0.2, -0.15) is 0 Å². The number of rotatable bonds is 0. The van der Waals surface area contributed by atoms with Crippen molar-refractivity contribution in [2.75, 3.05) is 0 Å². The van der Waals surface area contributed by atoms with Crippen LogP contribution in [-0.2, 0) is 0 Å². The number of nitrogens with one attached hydrogen (secondary N) is 1. The summed E-state index contributed by atoms with van der Waals surface area (Å²) in [7, 11) is 0. The molecule has 0 atom stereocenters. The van der Waals surface area contributed by atoms with Crippen molar-refractivity contribution in [1.82, 2.24) is 4.98 Å². The van der Waals surface area contributed by atoms with Crippen molar-refractivity contribution in [3.63, 3.8) is 0 Å². The summed E-state index contributed by atoms with van der Waals surface area (Å²) in [5, 5.41) is 2.18. The Morgan fingerprint density at radius 2 is 1.75 bits per heavy atom. The molecule has 0 aliphatic rings. The molecule has 0 amide bonds. The van der Waals surface area contributed by atoms with Crippen LogP contribution in [0.4, 0.5) is 0 Å². The van der Waals surface area contributed by atoms with Crippen molar-refractivity contribution in [2.24, 2.45) is 0 Å². The van der Waals surface area contributed by atoms with Crippen molar-refractivity contribution in [2.45, 2.75) is 34.6 Å². The quantitative estimate of drug-likeness (QED) is 0.610. The zero-order valence-corrected chi connectivity index (χ0v) is 8.94. The summed E-state index contributed by atoms with van der Waals surface area (Å²) in [6.45, 7) is 13.8. The molecule has 1 N–H and O–H groups in total. The highest BCUT2D eigenvalue weighted by molar-refractivity contribution is 5.18. The highest BCUT2D eigenvalue weighted by Crippen LogP contribution is 1.58. The summed E-state index contributed by atoms with van der Waals surface area (Å²) in [6, 6.07) is 1.95. The molecule has 0 unspecified atom stereocenters. The standard InChI is InChI=1S/C7H9N.2C2H6/c1-3-7-6(2)4-5-8-7;2*1-2/h3-5,8H,2H2,1H3;2*1-2H3/b7-3+;;. The van der Waals surface area contributed by atoms with Crippen molar-refractivity contribution < 1.29 is 0 Å². The van der Waals surface area contributed by atoms with Gasteiger partial charge in [-0.05, 0) is 18.2 Å². The van der Waals surface area contributed by atoms with Gasteiger partial charge in [-0.1, -0.05) is 40.3 Å². The van der Waals surface area contributed by atoms with Gasteiger partial charge in [0.25, 0.3) is 0 Å². The monoisotopic (exact) mass is 167 g/mol. The first kappa shape index (κ1) is 13.6. The van der Waals surface area contributed by atoms with Crippen LogP contribution in [-0.4, -0.2) is 4.98 Å². The highest BCUT2D eigenvalue weighted by Gasteiger charge is 1.75. The van der Waals surface area contributed by atoms with Crippen molar-refractivity contribution >= 4 is 12.7 Å². The minimum atomic E-state index is 1.06. The smallest absolute Gasteiger partial charge is 0.0404 e. The van der Waals surface area contributed by atoms with E-state index in [1.54, 1.807) is 0 Å². The van der Waals surface area contributed by atoms with E-state index in [1.165, 1.54) is 0 Å². The van der Waals surface area contributed by atoms with Gasteiger partial charge in [-0.15, -0.1) is 0 Å². The molecular formula is C11H21N. The largest absolute Gasteiger partial charge is 0.361 e. The zero-order chi connectivity index (χ0) is 9.98.